The summed E-state index contributed by atoms with van der Waals surface area (Å²) in [5, 5.41) is 15.8. The lowest BCUT2D eigenvalue weighted by Crippen LogP contribution is -2.49. The van der Waals surface area contributed by atoms with Crippen LogP contribution in [0.5, 0.6) is 0 Å². The van der Waals surface area contributed by atoms with Crippen molar-refractivity contribution in [3.63, 3.8) is 0 Å². The van der Waals surface area contributed by atoms with Gasteiger partial charge in [0.2, 0.25) is 0 Å². The molecule has 0 radical (unpaired) electrons. The second-order valence-electron chi connectivity index (χ2n) is 20.4. The maximum absolute atomic E-state index is 3.94. The van der Waals surface area contributed by atoms with Crippen LogP contribution in [0.4, 0.5) is 0 Å². The zero-order valence-electron chi connectivity index (χ0n) is 40.7. The van der Waals surface area contributed by atoms with E-state index in [0.717, 1.165) is 39.0 Å². The molecule has 16 bridgehead atoms. The van der Waals surface area contributed by atoms with Crippen LogP contribution in [-0.4, -0.2) is 24.2 Å². The van der Waals surface area contributed by atoms with Gasteiger partial charge >= 0.3 is 0 Å². The molecule has 352 valence electrons. The number of benzene rings is 8. The second-order valence-corrected chi connectivity index (χ2v) is 20.4. The van der Waals surface area contributed by atoms with Crippen LogP contribution in [0.2, 0.25) is 0 Å². The van der Waals surface area contributed by atoms with E-state index >= 15 is 0 Å². The standard InChI is InChI=1S/C66H68N4/c1-2-6-64-63(5-1)67-43-51-17-33-59(34-18-51)55-25-9-47(10-26-55)41-49-13-29-57(30-14-49)61-37-21-53(22-38-61)45-69-65-7-3-4-8-66(65)70-46-54-23-39-62(40-24-54)58-31-15-50(16-32-58)42-48-11-27-56(28-12-48)60-35-19-52(20-36-60)44-68-64/h9-40,63-70H,1-8,41-46H2/t63-,64-,65-,66-/m1/s1. The van der Waals surface area contributed by atoms with E-state index in [1.807, 2.05) is 0 Å². The molecule has 0 aromatic heterocycles. The average molecular weight is 917 g/mol. The van der Waals surface area contributed by atoms with Gasteiger partial charge in [0.05, 0.1) is 0 Å². The molecule has 0 saturated heterocycles. The Hall–Kier alpha value is -6.40. The van der Waals surface area contributed by atoms with E-state index in [2.05, 4.69) is 215 Å². The number of nitrogens with one attached hydrogen (secondary N) is 4. The molecular formula is C66H68N4. The minimum Gasteiger partial charge on any atom is -0.308 e. The molecule has 0 amide bonds. The number of hydrogen-bond donors (Lipinski definition) is 4. The molecule has 4 heteroatoms. The third kappa shape index (κ3) is 11.6. The smallest absolute Gasteiger partial charge is 0.0224 e. The summed E-state index contributed by atoms with van der Waals surface area (Å²) in [6.45, 7) is 3.54. The lowest BCUT2D eigenvalue weighted by atomic mass is 9.89. The van der Waals surface area contributed by atoms with Gasteiger partial charge in [-0.05, 0) is 128 Å². The normalized spacial score (nSPS) is 20.1. The predicted octanol–water partition coefficient (Wildman–Crippen LogP) is 14.2. The maximum atomic E-state index is 3.94. The van der Waals surface area contributed by atoms with E-state index in [9.17, 15) is 0 Å². The summed E-state index contributed by atoms with van der Waals surface area (Å²) in [6, 6.07) is 75.1. The minimum absolute atomic E-state index is 0.467. The van der Waals surface area contributed by atoms with Crippen LogP contribution in [-0.2, 0) is 39.0 Å². The molecule has 2 saturated carbocycles. The zero-order chi connectivity index (χ0) is 46.9. The largest absolute Gasteiger partial charge is 0.308 e. The molecule has 70 heavy (non-hydrogen) atoms. The van der Waals surface area contributed by atoms with Crippen molar-refractivity contribution >= 4 is 0 Å². The molecule has 32 rings (SSSR count). The van der Waals surface area contributed by atoms with Crippen LogP contribution in [0.1, 0.15) is 95.9 Å². The minimum atomic E-state index is 0.467. The molecule has 4 nitrogen and oxygen atoms in total. The Morgan fingerprint density at radius 1 is 0.200 bits per heavy atom. The summed E-state index contributed by atoms with van der Waals surface area (Å²) in [5.41, 5.74) is 20.8. The molecule has 2 fully saturated rings. The van der Waals surface area contributed by atoms with Crippen molar-refractivity contribution in [3.05, 3.63) is 239 Å². The molecule has 4 N–H and O–H groups in total. The first-order valence-corrected chi connectivity index (χ1v) is 26.3. The summed E-state index contributed by atoms with van der Waals surface area (Å²) >= 11 is 0. The highest BCUT2D eigenvalue weighted by Gasteiger charge is 2.25. The predicted molar refractivity (Wildman–Crippen MR) is 293 cm³/mol. The molecule has 4 atom stereocenters. The molecule has 0 spiro atoms. The molecule has 8 aromatic carbocycles. The van der Waals surface area contributed by atoms with Crippen LogP contribution < -0.4 is 21.3 Å². The van der Waals surface area contributed by atoms with Gasteiger partial charge < -0.3 is 21.3 Å². The first kappa shape index (κ1) is 46.0. The summed E-state index contributed by atoms with van der Waals surface area (Å²) < 4.78 is 0. The molecule has 24 aliphatic rings. The molecule has 22 aliphatic heterocycles. The van der Waals surface area contributed by atoms with E-state index in [4.69, 9.17) is 0 Å². The quantitative estimate of drug-likeness (QED) is 0.122. The summed E-state index contributed by atoms with van der Waals surface area (Å²) in [7, 11) is 0. The van der Waals surface area contributed by atoms with Crippen molar-refractivity contribution in [1.82, 2.24) is 21.3 Å². The summed E-state index contributed by atoms with van der Waals surface area (Å²) in [4.78, 5) is 0. The van der Waals surface area contributed by atoms with Crippen LogP contribution in [0.3, 0.4) is 0 Å². The molecule has 2 aliphatic carbocycles. The fraction of sp³-hybridized carbons (Fsp3) is 0.273. The lowest BCUT2D eigenvalue weighted by Gasteiger charge is -2.33. The number of hydrogen-bond acceptors (Lipinski definition) is 4. The summed E-state index contributed by atoms with van der Waals surface area (Å²) in [5.74, 6) is 0. The lowest BCUT2D eigenvalue weighted by molar-refractivity contribution is 0.281. The molecule has 0 unspecified atom stereocenters. The van der Waals surface area contributed by atoms with Gasteiger partial charge in [-0.1, -0.05) is 220 Å². The van der Waals surface area contributed by atoms with Crippen LogP contribution >= 0.6 is 0 Å². The van der Waals surface area contributed by atoms with Crippen molar-refractivity contribution in [2.24, 2.45) is 0 Å². The van der Waals surface area contributed by atoms with Gasteiger partial charge in [-0.25, -0.2) is 0 Å². The van der Waals surface area contributed by atoms with Crippen molar-refractivity contribution in [1.29, 1.82) is 0 Å². The van der Waals surface area contributed by atoms with Gasteiger partial charge in [0.25, 0.3) is 0 Å². The highest BCUT2D eigenvalue weighted by atomic mass is 15.0. The van der Waals surface area contributed by atoms with E-state index in [1.165, 1.54) is 140 Å². The highest BCUT2D eigenvalue weighted by molar-refractivity contribution is 5.67. The Labute approximate surface area is 417 Å². The third-order valence-electron chi connectivity index (χ3n) is 15.6. The molecular weight excluding hydrogens is 849 g/mol. The van der Waals surface area contributed by atoms with Crippen LogP contribution in [0.15, 0.2) is 194 Å². The number of rotatable bonds is 0. The Morgan fingerprint density at radius 3 is 0.529 bits per heavy atom. The SMILES string of the molecule is c1cc2ccc1CN[C@@H]1CCCC[C@H]1NCc1ccc(cc1)-c1ccc(cc1)Cc1ccc(cc1)-c1ccc(cc1)CN[C@@H]1CCCC[C@H]1NCc1ccc(cc1)-c1ccc(cc1)Cc1ccc-2cc1. The Balaban J connectivity index is 0.777. The third-order valence-corrected chi connectivity index (χ3v) is 15.6. The van der Waals surface area contributed by atoms with Gasteiger partial charge in [-0.2, -0.15) is 0 Å². The van der Waals surface area contributed by atoms with Crippen molar-refractivity contribution in [2.45, 2.75) is 115 Å². The fourth-order valence-corrected chi connectivity index (χ4v) is 11.2. The average Bonchev–Trinajstić information content (AvgIpc) is 3.42. The summed E-state index contributed by atoms with van der Waals surface area (Å²) in [6.07, 6.45) is 11.9. The Bertz CT molecular complexity index is 2480. The maximum Gasteiger partial charge on any atom is 0.0224 e. The van der Waals surface area contributed by atoms with Gasteiger partial charge in [0.1, 0.15) is 0 Å². The van der Waals surface area contributed by atoms with E-state index < -0.39 is 0 Å². The Kier molecular flexibility index (Phi) is 14.5. The molecule has 22 heterocycles. The van der Waals surface area contributed by atoms with Gasteiger partial charge in [0.15, 0.2) is 0 Å². The van der Waals surface area contributed by atoms with E-state index in [-0.39, 0.29) is 0 Å². The first-order chi connectivity index (χ1) is 34.6. The van der Waals surface area contributed by atoms with E-state index in [0.29, 0.717) is 24.2 Å². The zero-order valence-corrected chi connectivity index (χ0v) is 40.7. The van der Waals surface area contributed by atoms with Gasteiger partial charge in [0, 0.05) is 50.3 Å². The van der Waals surface area contributed by atoms with Crippen molar-refractivity contribution < 1.29 is 0 Å². The van der Waals surface area contributed by atoms with E-state index in [1.54, 1.807) is 0 Å². The van der Waals surface area contributed by atoms with Crippen molar-refractivity contribution in [3.8, 4) is 44.5 Å². The fourth-order valence-electron chi connectivity index (χ4n) is 11.2. The van der Waals surface area contributed by atoms with Crippen molar-refractivity contribution in [2.75, 3.05) is 0 Å². The van der Waals surface area contributed by atoms with Gasteiger partial charge in [-0.15, -0.1) is 0 Å². The highest BCUT2D eigenvalue weighted by Crippen LogP contribution is 2.28. The second kappa shape index (κ2) is 22.1. The molecule has 8 aromatic rings. The van der Waals surface area contributed by atoms with Crippen LogP contribution in [0, 0.1) is 0 Å². The Morgan fingerprint density at radius 2 is 0.357 bits per heavy atom. The monoisotopic (exact) mass is 917 g/mol. The topological polar surface area (TPSA) is 48.1 Å². The van der Waals surface area contributed by atoms with Gasteiger partial charge in [-0.3, -0.25) is 0 Å². The van der Waals surface area contributed by atoms with Crippen LogP contribution in [0.25, 0.3) is 44.5 Å². The first-order valence-electron chi connectivity index (χ1n) is 26.3.